The van der Waals surface area contributed by atoms with E-state index in [1.54, 1.807) is 36.4 Å². The zero-order valence-corrected chi connectivity index (χ0v) is 14.0. The summed E-state index contributed by atoms with van der Waals surface area (Å²) in [4.78, 5) is 24.2. The molecule has 0 radical (unpaired) electrons. The molecule has 1 amide bonds. The van der Waals surface area contributed by atoms with Gasteiger partial charge in [0, 0.05) is 5.69 Å². The fourth-order valence-corrected chi connectivity index (χ4v) is 2.04. The first-order valence-corrected chi connectivity index (χ1v) is 7.78. The van der Waals surface area contributed by atoms with Crippen LogP contribution in [0.2, 0.25) is 0 Å². The summed E-state index contributed by atoms with van der Waals surface area (Å²) in [5.41, 5.74) is 1.14. The zero-order valence-electron chi connectivity index (χ0n) is 14.0. The first-order chi connectivity index (χ1) is 12.0. The number of esters is 1. The van der Waals surface area contributed by atoms with Crippen LogP contribution < -0.4 is 10.1 Å². The van der Waals surface area contributed by atoms with Crippen molar-refractivity contribution in [2.75, 3.05) is 11.9 Å². The summed E-state index contributed by atoms with van der Waals surface area (Å²) in [6, 6.07) is 14.9. The highest BCUT2D eigenvalue weighted by atomic mass is 16.5. The van der Waals surface area contributed by atoms with Crippen molar-refractivity contribution in [1.29, 1.82) is 5.26 Å². The van der Waals surface area contributed by atoms with Crippen molar-refractivity contribution in [2.24, 2.45) is 0 Å². The zero-order chi connectivity index (χ0) is 18.2. The van der Waals surface area contributed by atoms with Crippen molar-refractivity contribution in [3.63, 3.8) is 0 Å². The van der Waals surface area contributed by atoms with Gasteiger partial charge in [0.15, 0.2) is 6.10 Å². The van der Waals surface area contributed by atoms with Crippen molar-refractivity contribution in [2.45, 2.75) is 20.0 Å². The van der Waals surface area contributed by atoms with Gasteiger partial charge in [-0.2, -0.15) is 5.26 Å². The summed E-state index contributed by atoms with van der Waals surface area (Å²) in [6.45, 7) is 3.93. The lowest BCUT2D eigenvalue weighted by atomic mass is 10.1. The Morgan fingerprint density at radius 1 is 1.20 bits per heavy atom. The Balaban J connectivity index is 1.95. The predicted molar refractivity (Wildman–Crippen MR) is 92.3 cm³/mol. The van der Waals surface area contributed by atoms with Gasteiger partial charge in [0.05, 0.1) is 23.8 Å². The Bertz CT molecular complexity index is 794. The lowest BCUT2D eigenvalue weighted by Gasteiger charge is -2.14. The second-order valence-corrected chi connectivity index (χ2v) is 5.19. The van der Waals surface area contributed by atoms with Crippen molar-refractivity contribution >= 4 is 17.6 Å². The monoisotopic (exact) mass is 338 g/mol. The Kier molecular flexibility index (Phi) is 6.13. The first-order valence-electron chi connectivity index (χ1n) is 7.78. The lowest BCUT2D eigenvalue weighted by molar-refractivity contribution is -0.123. The van der Waals surface area contributed by atoms with Crippen LogP contribution in [0.25, 0.3) is 0 Å². The van der Waals surface area contributed by atoms with E-state index in [0.717, 1.165) is 0 Å². The van der Waals surface area contributed by atoms with Gasteiger partial charge in [0.1, 0.15) is 5.75 Å². The smallest absolute Gasteiger partial charge is 0.338 e. The number of anilines is 1. The molecular weight excluding hydrogens is 320 g/mol. The van der Waals surface area contributed by atoms with Crippen molar-refractivity contribution < 1.29 is 19.1 Å². The molecule has 1 atom stereocenters. The van der Waals surface area contributed by atoms with Crippen molar-refractivity contribution in [1.82, 2.24) is 0 Å². The van der Waals surface area contributed by atoms with Gasteiger partial charge in [0.2, 0.25) is 0 Å². The van der Waals surface area contributed by atoms with Crippen molar-refractivity contribution in [3.05, 3.63) is 59.7 Å². The van der Waals surface area contributed by atoms with Crippen LogP contribution in [0.15, 0.2) is 48.5 Å². The number of carbonyl (C=O) groups excluding carboxylic acids is 2. The van der Waals surface area contributed by atoms with Crippen LogP contribution >= 0.6 is 0 Å². The molecule has 6 heteroatoms. The van der Waals surface area contributed by atoms with E-state index >= 15 is 0 Å². The van der Waals surface area contributed by atoms with Crippen LogP contribution in [0.3, 0.4) is 0 Å². The summed E-state index contributed by atoms with van der Waals surface area (Å²) in [6.07, 6.45) is -0.982. The molecule has 0 saturated carbocycles. The third-order valence-electron chi connectivity index (χ3n) is 3.31. The second kappa shape index (κ2) is 8.50. The predicted octanol–water partition coefficient (Wildman–Crippen LogP) is 3.14. The van der Waals surface area contributed by atoms with E-state index in [1.165, 1.54) is 19.1 Å². The normalized spacial score (nSPS) is 11.1. The topological polar surface area (TPSA) is 88.4 Å². The maximum atomic E-state index is 12.1. The molecule has 2 aromatic carbocycles. The number of rotatable bonds is 6. The van der Waals surface area contributed by atoms with Crippen LogP contribution in [-0.2, 0) is 9.53 Å². The molecule has 0 unspecified atom stereocenters. The quantitative estimate of drug-likeness (QED) is 0.818. The van der Waals surface area contributed by atoms with Crippen LogP contribution in [0, 0.1) is 11.3 Å². The number of hydrogen-bond donors (Lipinski definition) is 1. The van der Waals surface area contributed by atoms with Crippen LogP contribution in [0.5, 0.6) is 5.75 Å². The number of amides is 1. The van der Waals surface area contributed by atoms with Crippen LogP contribution in [0.1, 0.15) is 29.8 Å². The van der Waals surface area contributed by atoms with Gasteiger partial charge >= 0.3 is 5.97 Å². The molecule has 1 N–H and O–H groups in total. The van der Waals surface area contributed by atoms with Crippen LogP contribution in [0.4, 0.5) is 5.69 Å². The summed E-state index contributed by atoms with van der Waals surface area (Å²) >= 11 is 0. The van der Waals surface area contributed by atoms with E-state index in [9.17, 15) is 9.59 Å². The van der Waals surface area contributed by atoms with E-state index in [0.29, 0.717) is 23.6 Å². The molecule has 0 saturated heterocycles. The minimum Gasteiger partial charge on any atom is -0.494 e. The average molecular weight is 338 g/mol. The molecule has 0 heterocycles. The highest BCUT2D eigenvalue weighted by Crippen LogP contribution is 2.16. The van der Waals surface area contributed by atoms with E-state index in [-0.39, 0.29) is 5.56 Å². The Morgan fingerprint density at radius 3 is 2.56 bits per heavy atom. The van der Waals surface area contributed by atoms with Gasteiger partial charge in [-0.15, -0.1) is 0 Å². The lowest BCUT2D eigenvalue weighted by Crippen LogP contribution is -2.30. The fraction of sp³-hybridized carbons (Fsp3) is 0.211. The van der Waals surface area contributed by atoms with Gasteiger partial charge in [-0.25, -0.2) is 4.79 Å². The molecule has 0 aliphatic heterocycles. The minimum absolute atomic E-state index is 0.222. The molecule has 0 bridgehead atoms. The minimum atomic E-state index is -0.982. The third kappa shape index (κ3) is 5.08. The summed E-state index contributed by atoms with van der Waals surface area (Å²) < 4.78 is 10.5. The van der Waals surface area contributed by atoms with Crippen LogP contribution in [-0.4, -0.2) is 24.6 Å². The number of nitriles is 1. The molecule has 0 spiro atoms. The number of ether oxygens (including phenoxy) is 2. The molecule has 2 aromatic rings. The van der Waals surface area contributed by atoms with Gasteiger partial charge in [-0.3, -0.25) is 4.79 Å². The Labute approximate surface area is 146 Å². The standard InChI is InChI=1S/C19H18N2O4/c1-3-24-17-9-7-16(8-10-17)21-18(22)13(2)25-19(23)15-6-4-5-14(11-15)12-20/h4-11,13H,3H2,1-2H3,(H,21,22)/t13-/m0/s1. The van der Waals surface area contributed by atoms with Gasteiger partial charge in [0.25, 0.3) is 5.91 Å². The maximum Gasteiger partial charge on any atom is 0.338 e. The fourth-order valence-electron chi connectivity index (χ4n) is 2.04. The van der Waals surface area contributed by atoms with Gasteiger partial charge in [-0.05, 0) is 56.3 Å². The van der Waals surface area contributed by atoms with E-state index in [2.05, 4.69) is 5.32 Å². The molecule has 0 aliphatic rings. The number of nitrogens with zero attached hydrogens (tertiary/aromatic N) is 1. The Hall–Kier alpha value is -3.33. The summed E-state index contributed by atoms with van der Waals surface area (Å²) in [7, 11) is 0. The maximum absolute atomic E-state index is 12.1. The largest absolute Gasteiger partial charge is 0.494 e. The Morgan fingerprint density at radius 2 is 1.92 bits per heavy atom. The highest BCUT2D eigenvalue weighted by molar-refractivity contribution is 5.97. The van der Waals surface area contributed by atoms with Crippen molar-refractivity contribution in [3.8, 4) is 11.8 Å². The number of carbonyl (C=O) groups is 2. The summed E-state index contributed by atoms with van der Waals surface area (Å²) in [5.74, 6) is -0.405. The molecule has 25 heavy (non-hydrogen) atoms. The number of nitrogens with one attached hydrogen (secondary N) is 1. The average Bonchev–Trinajstić information content (AvgIpc) is 2.63. The number of benzene rings is 2. The van der Waals surface area contributed by atoms with Gasteiger partial charge in [-0.1, -0.05) is 6.07 Å². The SMILES string of the molecule is CCOc1ccc(NC(=O)[C@H](C)OC(=O)c2cccc(C#N)c2)cc1. The van der Waals surface area contributed by atoms with Gasteiger partial charge < -0.3 is 14.8 Å². The molecular formula is C19H18N2O4. The van der Waals surface area contributed by atoms with E-state index in [4.69, 9.17) is 14.7 Å². The highest BCUT2D eigenvalue weighted by Gasteiger charge is 2.19. The molecule has 128 valence electrons. The number of hydrogen-bond acceptors (Lipinski definition) is 5. The molecule has 0 fully saturated rings. The third-order valence-corrected chi connectivity index (χ3v) is 3.31. The molecule has 2 rings (SSSR count). The first kappa shape index (κ1) is 18.0. The molecule has 0 aromatic heterocycles. The van der Waals surface area contributed by atoms with E-state index < -0.39 is 18.0 Å². The summed E-state index contributed by atoms with van der Waals surface area (Å²) in [5, 5.41) is 11.5. The molecule has 0 aliphatic carbocycles. The molecule has 6 nitrogen and oxygen atoms in total. The van der Waals surface area contributed by atoms with E-state index in [1.807, 2.05) is 13.0 Å². The second-order valence-electron chi connectivity index (χ2n) is 5.19.